The lowest BCUT2D eigenvalue weighted by Gasteiger charge is -2.13. The van der Waals surface area contributed by atoms with Crippen LogP contribution in [0.2, 0.25) is 0 Å². The fourth-order valence-electron chi connectivity index (χ4n) is 3.00. The summed E-state index contributed by atoms with van der Waals surface area (Å²) in [5.41, 5.74) is 2.73. The van der Waals surface area contributed by atoms with Crippen molar-refractivity contribution in [1.29, 1.82) is 0 Å². The molecule has 0 spiro atoms. The van der Waals surface area contributed by atoms with Crippen LogP contribution >= 0.6 is 0 Å². The molecule has 1 aliphatic carbocycles. The summed E-state index contributed by atoms with van der Waals surface area (Å²) in [4.78, 5) is 30.0. The lowest BCUT2D eigenvalue weighted by atomic mass is 10.1. The third-order valence-electron chi connectivity index (χ3n) is 4.09. The fourth-order valence-corrected chi connectivity index (χ4v) is 3.00. The van der Waals surface area contributed by atoms with Gasteiger partial charge in [0.15, 0.2) is 0 Å². The summed E-state index contributed by atoms with van der Waals surface area (Å²) < 4.78 is 16.4. The molecule has 9 nitrogen and oxygen atoms in total. The third-order valence-corrected chi connectivity index (χ3v) is 4.09. The Morgan fingerprint density at radius 2 is 1.71 bits per heavy atom. The van der Waals surface area contributed by atoms with E-state index >= 15 is 0 Å². The normalized spacial score (nSPS) is 11.1. The highest BCUT2D eigenvalue weighted by Gasteiger charge is 2.23. The lowest BCUT2D eigenvalue weighted by molar-refractivity contribution is 0.0327. The molecule has 1 aliphatic heterocycles. The zero-order valence-corrected chi connectivity index (χ0v) is 15.2. The molecule has 0 fully saturated rings. The molecule has 28 heavy (non-hydrogen) atoms. The minimum absolute atomic E-state index is 0.166. The van der Waals surface area contributed by atoms with E-state index in [-0.39, 0.29) is 19.0 Å². The molecule has 2 aliphatic rings. The van der Waals surface area contributed by atoms with Gasteiger partial charge in [0.25, 0.3) is 0 Å². The molecule has 0 bridgehead atoms. The molecule has 0 atom stereocenters. The van der Waals surface area contributed by atoms with Gasteiger partial charge in [0.1, 0.15) is 11.3 Å². The molecular weight excluding hydrogens is 366 g/mol. The van der Waals surface area contributed by atoms with Gasteiger partial charge < -0.3 is 14.2 Å². The van der Waals surface area contributed by atoms with Crippen molar-refractivity contribution >= 4 is 28.7 Å². The van der Waals surface area contributed by atoms with Crippen LogP contribution in [0.1, 0.15) is 13.8 Å². The molecule has 0 amide bonds. The molecule has 0 radical (unpaired) electrons. The Balaban J connectivity index is 1.91. The van der Waals surface area contributed by atoms with Gasteiger partial charge in [-0.25, -0.2) is 9.59 Å². The van der Waals surface area contributed by atoms with Crippen molar-refractivity contribution < 1.29 is 28.6 Å². The summed E-state index contributed by atoms with van der Waals surface area (Å²) in [6.45, 7) is 3.73. The van der Waals surface area contributed by atoms with Crippen LogP contribution in [0.25, 0.3) is 27.5 Å². The Morgan fingerprint density at radius 1 is 0.964 bits per heavy atom. The zero-order valence-electron chi connectivity index (χ0n) is 15.2. The number of benzene rings is 1. The molecule has 0 saturated heterocycles. The summed E-state index contributed by atoms with van der Waals surface area (Å²) >= 11 is 0. The molecule has 0 unspecified atom stereocenters. The number of ether oxygens (including phenoxy) is 3. The van der Waals surface area contributed by atoms with Gasteiger partial charge in [0.2, 0.25) is 0 Å². The van der Waals surface area contributed by atoms with Crippen molar-refractivity contribution in [3.05, 3.63) is 42.6 Å². The SMILES string of the molecule is CCOC(=O)Oc1ccc2c3c4ccccc4nn3n(OC(=O)OCC)cc1-2. The van der Waals surface area contributed by atoms with Gasteiger partial charge in [0.05, 0.1) is 24.9 Å². The maximum Gasteiger partial charge on any atom is 0.535 e. The summed E-state index contributed by atoms with van der Waals surface area (Å²) in [5, 5.41) is 5.34. The van der Waals surface area contributed by atoms with Crippen LogP contribution in [-0.4, -0.2) is 40.1 Å². The smallest absolute Gasteiger partial charge is 0.434 e. The molecule has 0 N–H and O–H groups in total. The van der Waals surface area contributed by atoms with Crippen LogP contribution in [0.5, 0.6) is 5.75 Å². The van der Waals surface area contributed by atoms with Gasteiger partial charge in [-0.2, -0.15) is 0 Å². The summed E-state index contributed by atoms with van der Waals surface area (Å²) in [6, 6.07) is 11.0. The Bertz CT molecular complexity index is 1150. The zero-order chi connectivity index (χ0) is 19.7. The Morgan fingerprint density at radius 3 is 2.50 bits per heavy atom. The second-order valence-electron chi connectivity index (χ2n) is 5.77. The van der Waals surface area contributed by atoms with Gasteiger partial charge in [0, 0.05) is 16.5 Å². The van der Waals surface area contributed by atoms with E-state index in [0.29, 0.717) is 16.6 Å². The largest absolute Gasteiger partial charge is 0.535 e. The highest BCUT2D eigenvalue weighted by molar-refractivity contribution is 6.03. The lowest BCUT2D eigenvalue weighted by Crippen LogP contribution is -2.26. The standard InChI is InChI=1S/C19H17N3O6/c1-3-25-18(23)27-16-10-9-12-14(16)11-21(28-19(24)26-4-2)22-17(12)13-7-5-6-8-15(13)20-22/h5-11H,3-4H2,1-2H3. The molecule has 144 valence electrons. The average molecular weight is 383 g/mol. The van der Waals surface area contributed by atoms with Crippen molar-refractivity contribution in [1.82, 2.24) is 14.6 Å². The number of carbonyl (C=O) groups excluding carboxylic acids is 2. The molecule has 9 heteroatoms. The number of hydrogen-bond donors (Lipinski definition) is 0. The number of hydrogen-bond acceptors (Lipinski definition) is 7. The average Bonchev–Trinajstić information content (AvgIpc) is 3.24. The van der Waals surface area contributed by atoms with Gasteiger partial charge in [-0.05, 0) is 32.0 Å². The third kappa shape index (κ3) is 2.96. The number of carbonyl (C=O) groups is 2. The van der Waals surface area contributed by atoms with E-state index in [2.05, 4.69) is 5.10 Å². The minimum atomic E-state index is -0.882. The van der Waals surface area contributed by atoms with Crippen LogP contribution in [0.4, 0.5) is 9.59 Å². The van der Waals surface area contributed by atoms with Crippen LogP contribution < -0.4 is 9.57 Å². The summed E-state index contributed by atoms with van der Waals surface area (Å²) in [6.07, 6.45) is -0.196. The first-order chi connectivity index (χ1) is 13.6. The second-order valence-corrected chi connectivity index (χ2v) is 5.77. The highest BCUT2D eigenvalue weighted by Crippen LogP contribution is 2.39. The fraction of sp³-hybridized carbons (Fsp3) is 0.211. The molecule has 2 heterocycles. The number of fused-ring (bicyclic) bond motifs is 5. The van der Waals surface area contributed by atoms with E-state index in [9.17, 15) is 9.59 Å². The topological polar surface area (TPSA) is 93.3 Å². The van der Waals surface area contributed by atoms with E-state index in [1.807, 2.05) is 30.3 Å². The molecular formula is C19H17N3O6. The van der Waals surface area contributed by atoms with Crippen LogP contribution in [0.15, 0.2) is 42.6 Å². The predicted octanol–water partition coefficient (Wildman–Crippen LogP) is 3.51. The van der Waals surface area contributed by atoms with Crippen molar-refractivity contribution in [2.45, 2.75) is 13.8 Å². The van der Waals surface area contributed by atoms with Crippen molar-refractivity contribution in [2.75, 3.05) is 13.2 Å². The van der Waals surface area contributed by atoms with E-state index in [1.165, 1.54) is 10.8 Å². The molecule has 2 aromatic rings. The summed E-state index contributed by atoms with van der Waals surface area (Å²) in [5.74, 6) is 0.280. The maximum absolute atomic E-state index is 11.9. The monoisotopic (exact) mass is 383 g/mol. The summed E-state index contributed by atoms with van der Waals surface area (Å²) in [7, 11) is 0. The van der Waals surface area contributed by atoms with Crippen LogP contribution in [0.3, 0.4) is 0 Å². The molecule has 1 aromatic carbocycles. The van der Waals surface area contributed by atoms with Gasteiger partial charge in [-0.15, -0.1) is 9.73 Å². The highest BCUT2D eigenvalue weighted by atomic mass is 16.8. The van der Waals surface area contributed by atoms with Crippen LogP contribution in [-0.2, 0) is 9.47 Å². The van der Waals surface area contributed by atoms with Gasteiger partial charge in [-0.1, -0.05) is 23.0 Å². The van der Waals surface area contributed by atoms with Crippen molar-refractivity contribution in [2.24, 2.45) is 0 Å². The Hall–Kier alpha value is -3.75. The molecule has 4 rings (SSSR count). The van der Waals surface area contributed by atoms with E-state index in [1.54, 1.807) is 19.9 Å². The maximum atomic E-state index is 11.9. The van der Waals surface area contributed by atoms with Crippen LogP contribution in [0, 0.1) is 0 Å². The van der Waals surface area contributed by atoms with Crippen molar-refractivity contribution in [3.63, 3.8) is 0 Å². The van der Waals surface area contributed by atoms with Crippen molar-refractivity contribution in [3.8, 4) is 16.9 Å². The number of rotatable bonds is 4. The van der Waals surface area contributed by atoms with Gasteiger partial charge >= 0.3 is 12.3 Å². The molecule has 0 saturated carbocycles. The first-order valence-electron chi connectivity index (χ1n) is 8.74. The number of nitrogens with zero attached hydrogens (tertiary/aromatic N) is 3. The minimum Gasteiger partial charge on any atom is -0.434 e. The van der Waals surface area contributed by atoms with E-state index in [4.69, 9.17) is 19.0 Å². The quantitative estimate of drug-likeness (QED) is 0.393. The van der Waals surface area contributed by atoms with Gasteiger partial charge in [-0.3, -0.25) is 4.84 Å². The first kappa shape index (κ1) is 17.7. The predicted molar refractivity (Wildman–Crippen MR) is 98.6 cm³/mol. The first-order valence-corrected chi connectivity index (χ1v) is 8.74. The van der Waals surface area contributed by atoms with E-state index in [0.717, 1.165) is 15.8 Å². The Kier molecular flexibility index (Phi) is 4.48. The van der Waals surface area contributed by atoms with E-state index < -0.39 is 12.3 Å². The number of aromatic nitrogens is 3. The Labute approximate surface area is 159 Å². The second kappa shape index (κ2) is 7.10. The molecule has 1 aromatic heterocycles.